The van der Waals surface area contributed by atoms with Gasteiger partial charge in [0.2, 0.25) is 0 Å². The number of rotatable bonds is 9. The van der Waals surface area contributed by atoms with Crippen molar-refractivity contribution in [3.8, 4) is 5.75 Å². The molecule has 1 fully saturated rings. The molecule has 1 saturated heterocycles. The predicted molar refractivity (Wildman–Crippen MR) is 107 cm³/mol. The lowest BCUT2D eigenvalue weighted by molar-refractivity contribution is 0.114. The van der Waals surface area contributed by atoms with Crippen molar-refractivity contribution in [3.05, 3.63) is 29.8 Å². The Balaban J connectivity index is 1.77. The highest BCUT2D eigenvalue weighted by molar-refractivity contribution is 5.79. The second-order valence-corrected chi connectivity index (χ2v) is 6.81. The largest absolute Gasteiger partial charge is 0.491 e. The van der Waals surface area contributed by atoms with Crippen LogP contribution in [-0.4, -0.2) is 67.4 Å². The monoisotopic (exact) mass is 362 g/mol. The van der Waals surface area contributed by atoms with E-state index in [1.165, 1.54) is 19.4 Å². The Kier molecular flexibility index (Phi) is 8.71. The van der Waals surface area contributed by atoms with E-state index in [0.29, 0.717) is 12.6 Å². The molecular formula is C20H34N4O2. The number of aliphatic hydroxyl groups excluding tert-OH is 1. The summed E-state index contributed by atoms with van der Waals surface area (Å²) in [5, 5.41) is 16.8. The topological polar surface area (TPSA) is 69.1 Å². The van der Waals surface area contributed by atoms with E-state index in [1.807, 2.05) is 38.1 Å². The fraction of sp³-hybridized carbons (Fsp3) is 0.650. The summed E-state index contributed by atoms with van der Waals surface area (Å²) in [5.41, 5.74) is 1.14. The van der Waals surface area contributed by atoms with Gasteiger partial charge in [-0.25, -0.2) is 0 Å². The number of nitrogens with zero attached hydrogens (tertiary/aromatic N) is 2. The Bertz CT molecular complexity index is 564. The average Bonchev–Trinajstić information content (AvgIpc) is 3.10. The lowest BCUT2D eigenvalue weighted by Gasteiger charge is -2.24. The van der Waals surface area contributed by atoms with Crippen molar-refractivity contribution in [3.63, 3.8) is 0 Å². The van der Waals surface area contributed by atoms with Crippen LogP contribution in [0.25, 0.3) is 0 Å². The van der Waals surface area contributed by atoms with Gasteiger partial charge in [0.15, 0.2) is 5.96 Å². The predicted octanol–water partition coefficient (Wildman–Crippen LogP) is 1.77. The summed E-state index contributed by atoms with van der Waals surface area (Å²) >= 11 is 0. The van der Waals surface area contributed by atoms with Gasteiger partial charge in [0.1, 0.15) is 18.5 Å². The number of nitrogens with one attached hydrogen (secondary N) is 2. The fourth-order valence-corrected chi connectivity index (χ4v) is 3.25. The number of likely N-dealkylation sites (tertiary alicyclic amines) is 1. The van der Waals surface area contributed by atoms with E-state index in [4.69, 9.17) is 4.74 Å². The van der Waals surface area contributed by atoms with Crippen molar-refractivity contribution in [2.75, 3.05) is 39.3 Å². The Morgan fingerprint density at radius 1 is 1.38 bits per heavy atom. The summed E-state index contributed by atoms with van der Waals surface area (Å²) in [6.07, 6.45) is 1.86. The van der Waals surface area contributed by atoms with Gasteiger partial charge in [-0.05, 0) is 57.5 Å². The molecule has 6 nitrogen and oxygen atoms in total. The van der Waals surface area contributed by atoms with Crippen molar-refractivity contribution in [2.45, 2.75) is 45.8 Å². The number of ether oxygens (including phenoxy) is 1. The Morgan fingerprint density at radius 3 is 2.96 bits per heavy atom. The summed E-state index contributed by atoms with van der Waals surface area (Å²) in [6, 6.07) is 8.40. The Hall–Kier alpha value is -1.79. The van der Waals surface area contributed by atoms with Gasteiger partial charge in [-0.3, -0.25) is 9.89 Å². The van der Waals surface area contributed by atoms with E-state index in [-0.39, 0.29) is 6.61 Å². The van der Waals surface area contributed by atoms with E-state index in [0.717, 1.165) is 36.9 Å². The molecule has 1 heterocycles. The second kappa shape index (κ2) is 11.0. The van der Waals surface area contributed by atoms with Crippen molar-refractivity contribution in [1.29, 1.82) is 0 Å². The van der Waals surface area contributed by atoms with Crippen LogP contribution in [-0.2, 0) is 0 Å². The molecular weight excluding hydrogens is 328 g/mol. The molecule has 0 bridgehead atoms. The van der Waals surface area contributed by atoms with Crippen molar-refractivity contribution in [1.82, 2.24) is 15.5 Å². The van der Waals surface area contributed by atoms with E-state index >= 15 is 0 Å². The molecule has 26 heavy (non-hydrogen) atoms. The molecule has 6 heteroatoms. The first kappa shape index (κ1) is 20.5. The molecule has 1 aromatic carbocycles. The van der Waals surface area contributed by atoms with E-state index in [2.05, 4.69) is 27.4 Å². The lowest BCUT2D eigenvalue weighted by atomic mass is 10.2. The minimum Gasteiger partial charge on any atom is -0.491 e. The van der Waals surface area contributed by atoms with Gasteiger partial charge in [-0.1, -0.05) is 19.1 Å². The highest BCUT2D eigenvalue weighted by atomic mass is 16.5. The van der Waals surface area contributed by atoms with Crippen LogP contribution >= 0.6 is 0 Å². The fourth-order valence-electron chi connectivity index (χ4n) is 3.25. The highest BCUT2D eigenvalue weighted by Crippen LogP contribution is 2.15. The molecule has 2 rings (SSSR count). The number of aliphatic hydroxyl groups is 1. The number of hydrogen-bond donors (Lipinski definition) is 3. The molecule has 2 unspecified atom stereocenters. The van der Waals surface area contributed by atoms with Gasteiger partial charge < -0.3 is 20.5 Å². The summed E-state index contributed by atoms with van der Waals surface area (Å²) in [4.78, 5) is 7.00. The molecule has 1 aliphatic heterocycles. The number of aryl methyl sites for hydroxylation is 1. The number of aliphatic imine (C=N–C) groups is 1. The maximum absolute atomic E-state index is 10.2. The number of likely N-dealkylation sites (N-methyl/N-ethyl adjacent to an activating group) is 1. The molecule has 2 atom stereocenters. The Labute approximate surface area is 157 Å². The quantitative estimate of drug-likeness (QED) is 0.461. The molecule has 0 saturated carbocycles. The molecule has 1 aromatic rings. The third-order valence-electron chi connectivity index (χ3n) is 4.65. The highest BCUT2D eigenvalue weighted by Gasteiger charge is 2.22. The normalized spacial score (nSPS) is 19.4. The van der Waals surface area contributed by atoms with Gasteiger partial charge in [0.05, 0.1) is 6.54 Å². The van der Waals surface area contributed by atoms with Crippen LogP contribution in [0.3, 0.4) is 0 Å². The van der Waals surface area contributed by atoms with Crippen LogP contribution in [0.1, 0.15) is 32.3 Å². The summed E-state index contributed by atoms with van der Waals surface area (Å²) in [7, 11) is 0. The zero-order valence-corrected chi connectivity index (χ0v) is 16.4. The van der Waals surface area contributed by atoms with E-state index < -0.39 is 6.10 Å². The van der Waals surface area contributed by atoms with Gasteiger partial charge in [-0.2, -0.15) is 0 Å². The van der Waals surface area contributed by atoms with Crippen LogP contribution in [0.15, 0.2) is 29.3 Å². The molecule has 0 aromatic heterocycles. The number of hydrogen-bond acceptors (Lipinski definition) is 4. The van der Waals surface area contributed by atoms with E-state index in [1.54, 1.807) is 0 Å². The van der Waals surface area contributed by atoms with Gasteiger partial charge in [0.25, 0.3) is 0 Å². The van der Waals surface area contributed by atoms with Gasteiger partial charge >= 0.3 is 0 Å². The van der Waals surface area contributed by atoms with Gasteiger partial charge in [0, 0.05) is 19.1 Å². The van der Waals surface area contributed by atoms with Crippen molar-refractivity contribution >= 4 is 5.96 Å². The third kappa shape index (κ3) is 6.84. The molecule has 1 aliphatic rings. The summed E-state index contributed by atoms with van der Waals surface area (Å²) in [6.45, 7) is 10.8. The lowest BCUT2D eigenvalue weighted by Crippen LogP contribution is -2.45. The summed E-state index contributed by atoms with van der Waals surface area (Å²) in [5.74, 6) is 1.53. The minimum atomic E-state index is -0.635. The number of guanidine groups is 1. The Morgan fingerprint density at radius 2 is 2.23 bits per heavy atom. The standard InChI is InChI=1S/C20H34N4O2/c1-4-21-20(22-13-17-9-7-11-24(17)5-2)23-14-18(25)15-26-19-10-6-8-16(3)12-19/h6,8,10,12,17-18,25H,4-5,7,9,11,13-15H2,1-3H3,(H2,21,22,23). The molecule has 146 valence electrons. The van der Waals surface area contributed by atoms with Crippen LogP contribution < -0.4 is 15.4 Å². The first-order chi connectivity index (χ1) is 12.6. The van der Waals surface area contributed by atoms with E-state index in [9.17, 15) is 5.11 Å². The SMILES string of the molecule is CCNC(=NCC(O)COc1cccc(C)c1)NCC1CCCN1CC. The average molecular weight is 363 g/mol. The maximum atomic E-state index is 10.2. The molecule has 0 amide bonds. The van der Waals surface area contributed by atoms with Crippen molar-refractivity contribution in [2.24, 2.45) is 4.99 Å². The molecule has 0 spiro atoms. The molecule has 0 radical (unpaired) electrons. The smallest absolute Gasteiger partial charge is 0.191 e. The van der Waals surface area contributed by atoms with Crippen LogP contribution in [0, 0.1) is 6.92 Å². The van der Waals surface area contributed by atoms with Gasteiger partial charge in [-0.15, -0.1) is 0 Å². The molecule has 0 aliphatic carbocycles. The molecule has 3 N–H and O–H groups in total. The zero-order chi connectivity index (χ0) is 18.8. The number of benzene rings is 1. The summed E-state index contributed by atoms with van der Waals surface area (Å²) < 4.78 is 5.64. The van der Waals surface area contributed by atoms with Crippen molar-refractivity contribution < 1.29 is 9.84 Å². The first-order valence-corrected chi connectivity index (χ1v) is 9.76. The minimum absolute atomic E-state index is 0.235. The third-order valence-corrected chi connectivity index (χ3v) is 4.65. The van der Waals surface area contributed by atoms with Crippen LogP contribution in [0.4, 0.5) is 0 Å². The zero-order valence-electron chi connectivity index (χ0n) is 16.4. The second-order valence-electron chi connectivity index (χ2n) is 6.81. The van der Waals surface area contributed by atoms with Crippen LogP contribution in [0.2, 0.25) is 0 Å². The maximum Gasteiger partial charge on any atom is 0.191 e. The first-order valence-electron chi connectivity index (χ1n) is 9.76. The van der Waals surface area contributed by atoms with Crippen LogP contribution in [0.5, 0.6) is 5.75 Å².